The molecule has 1 saturated carbocycles. The molecule has 0 aromatic rings. The van der Waals surface area contributed by atoms with Crippen molar-refractivity contribution in [1.82, 2.24) is 9.62 Å². The van der Waals surface area contributed by atoms with Crippen LogP contribution in [0.15, 0.2) is 0 Å². The van der Waals surface area contributed by atoms with E-state index in [0.717, 1.165) is 12.8 Å². The predicted molar refractivity (Wildman–Crippen MR) is 62.4 cm³/mol. The van der Waals surface area contributed by atoms with E-state index in [-0.39, 0.29) is 17.9 Å². The summed E-state index contributed by atoms with van der Waals surface area (Å²) >= 11 is 0. The van der Waals surface area contributed by atoms with Crippen LogP contribution in [-0.2, 0) is 14.8 Å². The molecule has 1 aliphatic rings. The van der Waals surface area contributed by atoms with E-state index in [9.17, 15) is 13.2 Å². The van der Waals surface area contributed by atoms with Gasteiger partial charge < -0.3 is 5.32 Å². The molecule has 94 valence electrons. The van der Waals surface area contributed by atoms with Crippen molar-refractivity contribution >= 4 is 15.9 Å². The van der Waals surface area contributed by atoms with Crippen LogP contribution in [0.4, 0.5) is 0 Å². The van der Waals surface area contributed by atoms with Crippen molar-refractivity contribution in [2.45, 2.75) is 32.7 Å². The third kappa shape index (κ3) is 4.09. The average Bonchev–Trinajstić information content (AvgIpc) is 2.91. The van der Waals surface area contributed by atoms with Crippen LogP contribution in [0.5, 0.6) is 0 Å². The van der Waals surface area contributed by atoms with Crippen molar-refractivity contribution in [2.24, 2.45) is 5.92 Å². The number of carbonyl (C=O) groups is 1. The maximum absolute atomic E-state index is 11.4. The summed E-state index contributed by atoms with van der Waals surface area (Å²) in [6.07, 6.45) is 3.12. The first kappa shape index (κ1) is 13.4. The van der Waals surface area contributed by atoms with Gasteiger partial charge in [0.05, 0.1) is 6.26 Å². The molecule has 0 aromatic heterocycles. The van der Waals surface area contributed by atoms with Gasteiger partial charge in [0.15, 0.2) is 0 Å². The van der Waals surface area contributed by atoms with Gasteiger partial charge in [-0.3, -0.25) is 4.79 Å². The Morgan fingerprint density at radius 2 is 2.00 bits per heavy atom. The first-order valence-corrected chi connectivity index (χ1v) is 7.41. The van der Waals surface area contributed by atoms with Crippen LogP contribution in [0, 0.1) is 5.92 Å². The number of rotatable bonds is 6. The highest BCUT2D eigenvalue weighted by Crippen LogP contribution is 2.28. The number of sulfonamides is 1. The molecule has 0 radical (unpaired) electrons. The van der Waals surface area contributed by atoms with Crippen LogP contribution in [0.2, 0.25) is 0 Å². The monoisotopic (exact) mass is 248 g/mol. The van der Waals surface area contributed by atoms with Crippen molar-refractivity contribution in [1.29, 1.82) is 0 Å². The quantitative estimate of drug-likeness (QED) is 0.729. The largest absolute Gasteiger partial charge is 0.355 e. The first-order valence-electron chi connectivity index (χ1n) is 5.57. The lowest BCUT2D eigenvalue weighted by molar-refractivity contribution is -0.122. The molecule has 0 spiro atoms. The third-order valence-electron chi connectivity index (χ3n) is 2.58. The summed E-state index contributed by atoms with van der Waals surface area (Å²) in [6.45, 7) is 4.38. The molecule has 5 nitrogen and oxygen atoms in total. The number of hydrogen-bond acceptors (Lipinski definition) is 3. The lowest BCUT2D eigenvalue weighted by atomic mass is 10.3. The van der Waals surface area contributed by atoms with Gasteiger partial charge in [0.1, 0.15) is 0 Å². The van der Waals surface area contributed by atoms with E-state index < -0.39 is 10.0 Å². The zero-order chi connectivity index (χ0) is 12.3. The SMILES string of the molecule is CC(C)N(CCNC(=O)C1CC1)S(C)(=O)=O. The second-order valence-corrected chi connectivity index (χ2v) is 6.47. The Balaban J connectivity index is 2.35. The molecule has 1 rings (SSSR count). The molecule has 1 N–H and O–H groups in total. The van der Waals surface area contributed by atoms with Gasteiger partial charge in [-0.1, -0.05) is 0 Å². The molecule has 0 atom stereocenters. The molecule has 0 bridgehead atoms. The van der Waals surface area contributed by atoms with E-state index in [0.29, 0.717) is 13.1 Å². The van der Waals surface area contributed by atoms with Crippen molar-refractivity contribution in [3.63, 3.8) is 0 Å². The summed E-state index contributed by atoms with van der Waals surface area (Å²) in [5, 5.41) is 2.76. The van der Waals surface area contributed by atoms with Crippen molar-refractivity contribution in [3.05, 3.63) is 0 Å². The van der Waals surface area contributed by atoms with Crippen LogP contribution in [0.1, 0.15) is 26.7 Å². The Hall–Kier alpha value is -0.620. The summed E-state index contributed by atoms with van der Waals surface area (Å²) in [4.78, 5) is 11.3. The maximum Gasteiger partial charge on any atom is 0.223 e. The Morgan fingerprint density at radius 3 is 2.38 bits per heavy atom. The van der Waals surface area contributed by atoms with Crippen LogP contribution < -0.4 is 5.32 Å². The van der Waals surface area contributed by atoms with E-state index in [1.165, 1.54) is 10.6 Å². The molecule has 6 heteroatoms. The molecule has 0 unspecified atom stereocenters. The smallest absolute Gasteiger partial charge is 0.223 e. The van der Waals surface area contributed by atoms with Gasteiger partial charge in [-0.2, -0.15) is 4.31 Å². The Morgan fingerprint density at radius 1 is 1.44 bits per heavy atom. The van der Waals surface area contributed by atoms with Crippen LogP contribution in [0.3, 0.4) is 0 Å². The molecular weight excluding hydrogens is 228 g/mol. The summed E-state index contributed by atoms with van der Waals surface area (Å²) in [7, 11) is -3.18. The van der Waals surface area contributed by atoms with E-state index in [4.69, 9.17) is 0 Å². The standard InChI is InChI=1S/C10H20N2O3S/c1-8(2)12(16(3,14)15)7-6-11-10(13)9-4-5-9/h8-9H,4-7H2,1-3H3,(H,11,13). The van der Waals surface area contributed by atoms with Gasteiger partial charge in [-0.05, 0) is 26.7 Å². The fourth-order valence-corrected chi connectivity index (χ4v) is 2.77. The van der Waals surface area contributed by atoms with Crippen molar-refractivity contribution < 1.29 is 13.2 Å². The third-order valence-corrected chi connectivity index (χ3v) is 4.04. The van der Waals surface area contributed by atoms with Crippen LogP contribution in [-0.4, -0.2) is 44.0 Å². The fourth-order valence-electron chi connectivity index (χ4n) is 1.59. The summed E-state index contributed by atoms with van der Waals surface area (Å²) in [6, 6.07) is -0.0761. The Kier molecular flexibility index (Phi) is 4.32. The molecule has 1 aliphatic carbocycles. The maximum atomic E-state index is 11.4. The van der Waals surface area contributed by atoms with E-state index >= 15 is 0 Å². The fraction of sp³-hybridized carbons (Fsp3) is 0.900. The molecule has 1 amide bonds. The van der Waals surface area contributed by atoms with E-state index in [2.05, 4.69) is 5.32 Å². The van der Waals surface area contributed by atoms with E-state index in [1.807, 2.05) is 13.8 Å². The van der Waals surface area contributed by atoms with Crippen LogP contribution in [0.25, 0.3) is 0 Å². The lowest BCUT2D eigenvalue weighted by Gasteiger charge is -2.23. The molecular formula is C10H20N2O3S. The normalized spacial score (nSPS) is 16.8. The number of hydrogen-bond donors (Lipinski definition) is 1. The Bertz CT molecular complexity index is 347. The van der Waals surface area contributed by atoms with Crippen molar-refractivity contribution in [2.75, 3.05) is 19.3 Å². The number of nitrogens with one attached hydrogen (secondary N) is 1. The van der Waals surface area contributed by atoms with E-state index in [1.54, 1.807) is 0 Å². The topological polar surface area (TPSA) is 66.5 Å². The lowest BCUT2D eigenvalue weighted by Crippen LogP contribution is -2.42. The number of carbonyl (C=O) groups excluding carboxylic acids is 1. The second-order valence-electron chi connectivity index (χ2n) is 4.53. The van der Waals surface area contributed by atoms with Crippen LogP contribution >= 0.6 is 0 Å². The number of amides is 1. The van der Waals surface area contributed by atoms with Gasteiger partial charge in [0.2, 0.25) is 15.9 Å². The summed E-state index contributed by atoms with van der Waals surface area (Å²) in [5.41, 5.74) is 0. The molecule has 0 saturated heterocycles. The van der Waals surface area contributed by atoms with Gasteiger partial charge in [0, 0.05) is 25.0 Å². The number of nitrogens with zero attached hydrogens (tertiary/aromatic N) is 1. The van der Waals surface area contributed by atoms with Gasteiger partial charge in [-0.15, -0.1) is 0 Å². The first-order chi connectivity index (χ1) is 7.32. The minimum absolute atomic E-state index is 0.0530. The molecule has 0 aliphatic heterocycles. The molecule has 0 aromatic carbocycles. The predicted octanol–water partition coefficient (Wildman–Crippen LogP) is 0.183. The highest BCUT2D eigenvalue weighted by Gasteiger charge is 2.29. The molecule has 1 fully saturated rings. The highest BCUT2D eigenvalue weighted by atomic mass is 32.2. The highest BCUT2D eigenvalue weighted by molar-refractivity contribution is 7.88. The summed E-state index contributed by atoms with van der Waals surface area (Å²) in [5.74, 6) is 0.225. The average molecular weight is 248 g/mol. The van der Waals surface area contributed by atoms with Crippen molar-refractivity contribution in [3.8, 4) is 0 Å². The minimum atomic E-state index is -3.18. The Labute approximate surface area is 97.2 Å². The molecule has 0 heterocycles. The van der Waals surface area contributed by atoms with Gasteiger partial charge >= 0.3 is 0 Å². The molecule has 16 heavy (non-hydrogen) atoms. The summed E-state index contributed by atoms with van der Waals surface area (Å²) < 4.78 is 24.2. The van der Waals surface area contributed by atoms with Gasteiger partial charge in [-0.25, -0.2) is 8.42 Å². The zero-order valence-electron chi connectivity index (χ0n) is 10.1. The zero-order valence-corrected chi connectivity index (χ0v) is 10.9. The second kappa shape index (κ2) is 5.14. The minimum Gasteiger partial charge on any atom is -0.355 e. The van der Waals surface area contributed by atoms with Gasteiger partial charge in [0.25, 0.3) is 0 Å².